The number of nitrogens with two attached hydrogens (primary N) is 1. The molecule has 32 heavy (non-hydrogen) atoms. The summed E-state index contributed by atoms with van der Waals surface area (Å²) in [5, 5.41) is 9.94. The number of para-hydroxylation sites is 1. The fourth-order valence-corrected chi connectivity index (χ4v) is 3.64. The van der Waals surface area contributed by atoms with E-state index in [-0.39, 0.29) is 22.7 Å². The van der Waals surface area contributed by atoms with Gasteiger partial charge in [0.25, 0.3) is 6.43 Å². The number of anilines is 1. The smallest absolute Gasteiger partial charge is 0.355 e. The molecule has 1 heterocycles. The van der Waals surface area contributed by atoms with Gasteiger partial charge in [-0.25, -0.2) is 18.4 Å². The van der Waals surface area contributed by atoms with E-state index in [1.165, 1.54) is 18.2 Å². The number of benzene rings is 2. The van der Waals surface area contributed by atoms with Crippen molar-refractivity contribution in [1.29, 1.82) is 5.26 Å². The first kappa shape index (κ1) is 22.5. The summed E-state index contributed by atoms with van der Waals surface area (Å²) in [6.07, 6.45) is -2.92. The summed E-state index contributed by atoms with van der Waals surface area (Å²) >= 11 is 0. The number of hydrogen-bond donors (Lipinski definition) is 1. The number of hydrogen-bond acceptors (Lipinski definition) is 7. The molecule has 0 bridgehead atoms. The van der Waals surface area contributed by atoms with Gasteiger partial charge in [-0.3, -0.25) is 4.90 Å². The first-order chi connectivity index (χ1) is 15.4. The second-order valence-electron chi connectivity index (χ2n) is 6.69. The van der Waals surface area contributed by atoms with E-state index in [2.05, 4.69) is 0 Å². The third-order valence-electron chi connectivity index (χ3n) is 5.02. The van der Waals surface area contributed by atoms with Gasteiger partial charge >= 0.3 is 11.9 Å². The molecule has 2 aromatic rings. The highest BCUT2D eigenvalue weighted by Gasteiger charge is 2.43. The van der Waals surface area contributed by atoms with Crippen molar-refractivity contribution in [3.05, 3.63) is 88.4 Å². The lowest BCUT2D eigenvalue weighted by Gasteiger charge is -2.36. The second kappa shape index (κ2) is 9.31. The zero-order chi connectivity index (χ0) is 23.4. The van der Waals surface area contributed by atoms with Crippen molar-refractivity contribution in [3.8, 4) is 6.07 Å². The molecule has 1 aliphatic heterocycles. The number of methoxy groups -OCH3 is 2. The highest BCUT2D eigenvalue weighted by molar-refractivity contribution is 6.06. The maximum Gasteiger partial charge on any atom is 0.355 e. The molecule has 1 unspecified atom stereocenters. The number of alkyl halides is 2. The Balaban J connectivity index is 2.45. The molecule has 0 saturated carbocycles. The van der Waals surface area contributed by atoms with Crippen LogP contribution < -0.4 is 10.6 Å². The maximum atomic E-state index is 13.8. The first-order valence-electron chi connectivity index (χ1n) is 9.40. The van der Waals surface area contributed by atoms with Crippen LogP contribution in [-0.2, 0) is 19.1 Å². The minimum Gasteiger partial charge on any atom is -0.466 e. The van der Waals surface area contributed by atoms with E-state index in [9.17, 15) is 23.6 Å². The highest BCUT2D eigenvalue weighted by atomic mass is 19.3. The molecule has 0 aromatic heterocycles. The van der Waals surface area contributed by atoms with Crippen molar-refractivity contribution in [3.63, 3.8) is 0 Å². The molecule has 1 atom stereocenters. The molecule has 164 valence electrons. The summed E-state index contributed by atoms with van der Waals surface area (Å²) in [6, 6.07) is 15.7. The molecule has 0 aliphatic carbocycles. The maximum absolute atomic E-state index is 13.8. The van der Waals surface area contributed by atoms with Crippen LogP contribution in [0, 0.1) is 11.3 Å². The molecule has 7 nitrogen and oxygen atoms in total. The van der Waals surface area contributed by atoms with Gasteiger partial charge in [-0.2, -0.15) is 5.26 Å². The number of halogens is 2. The Morgan fingerprint density at radius 1 is 1.03 bits per heavy atom. The van der Waals surface area contributed by atoms with Gasteiger partial charge in [0.1, 0.15) is 11.5 Å². The first-order valence-corrected chi connectivity index (χ1v) is 9.40. The Bertz CT molecular complexity index is 1150. The van der Waals surface area contributed by atoms with Crippen molar-refractivity contribution < 1.29 is 27.8 Å². The molecule has 2 aromatic carbocycles. The van der Waals surface area contributed by atoms with Crippen molar-refractivity contribution in [1.82, 2.24) is 0 Å². The Morgan fingerprint density at radius 3 is 2.19 bits per heavy atom. The number of esters is 2. The SMILES string of the molecule is COC(=O)C1=C(C(=O)OC)N(c2ccccc2C(F)F)C(N)=C(C#N)C1c1ccccc1. The molecule has 0 fully saturated rings. The Hall–Kier alpha value is -4.19. The zero-order valence-corrected chi connectivity index (χ0v) is 17.2. The van der Waals surface area contributed by atoms with Gasteiger partial charge in [0.05, 0.1) is 43.0 Å². The van der Waals surface area contributed by atoms with Crippen LogP contribution in [-0.4, -0.2) is 26.2 Å². The van der Waals surface area contributed by atoms with E-state index in [0.29, 0.717) is 5.56 Å². The molecule has 3 rings (SSSR count). The number of ether oxygens (including phenoxy) is 2. The lowest BCUT2D eigenvalue weighted by atomic mass is 9.80. The predicted molar refractivity (Wildman–Crippen MR) is 111 cm³/mol. The van der Waals surface area contributed by atoms with Crippen molar-refractivity contribution in [2.24, 2.45) is 5.73 Å². The van der Waals surface area contributed by atoms with Gasteiger partial charge in [0.15, 0.2) is 0 Å². The Morgan fingerprint density at radius 2 is 1.62 bits per heavy atom. The number of carbonyl (C=O) groups is 2. The van der Waals surface area contributed by atoms with E-state index >= 15 is 0 Å². The van der Waals surface area contributed by atoms with E-state index < -0.39 is 35.5 Å². The predicted octanol–water partition coefficient (Wildman–Crippen LogP) is 3.52. The van der Waals surface area contributed by atoms with Crippen molar-refractivity contribution >= 4 is 17.6 Å². The normalized spacial score (nSPS) is 16.1. The molecule has 0 saturated heterocycles. The van der Waals surface area contributed by atoms with E-state index in [1.807, 2.05) is 6.07 Å². The van der Waals surface area contributed by atoms with E-state index in [0.717, 1.165) is 25.2 Å². The second-order valence-corrected chi connectivity index (χ2v) is 6.69. The van der Waals surface area contributed by atoms with Crippen LogP contribution in [0.25, 0.3) is 0 Å². The lowest BCUT2D eigenvalue weighted by Crippen LogP contribution is -2.41. The van der Waals surface area contributed by atoms with Crippen LogP contribution >= 0.6 is 0 Å². The summed E-state index contributed by atoms with van der Waals surface area (Å²) in [5.41, 5.74) is 5.40. The molecular weight excluding hydrogens is 420 g/mol. The minimum absolute atomic E-state index is 0.103. The summed E-state index contributed by atoms with van der Waals surface area (Å²) in [7, 11) is 2.19. The summed E-state index contributed by atoms with van der Waals surface area (Å²) < 4.78 is 37.4. The molecule has 0 spiro atoms. The van der Waals surface area contributed by atoms with Crippen LogP contribution in [0.2, 0.25) is 0 Å². The molecule has 1 aliphatic rings. The molecule has 9 heteroatoms. The minimum atomic E-state index is -2.92. The van der Waals surface area contributed by atoms with Gasteiger partial charge in [0.2, 0.25) is 0 Å². The fraction of sp³-hybridized carbons (Fsp3) is 0.174. The summed E-state index contributed by atoms with van der Waals surface area (Å²) in [5.74, 6) is -3.28. The zero-order valence-electron chi connectivity index (χ0n) is 17.2. The summed E-state index contributed by atoms with van der Waals surface area (Å²) in [6.45, 7) is 0. The fourth-order valence-electron chi connectivity index (χ4n) is 3.64. The number of rotatable bonds is 5. The average molecular weight is 439 g/mol. The van der Waals surface area contributed by atoms with Gasteiger partial charge in [-0.05, 0) is 11.6 Å². The van der Waals surface area contributed by atoms with Crippen LogP contribution in [0.5, 0.6) is 0 Å². The number of allylic oxidation sites excluding steroid dienone is 1. The third-order valence-corrected chi connectivity index (χ3v) is 5.02. The van der Waals surface area contributed by atoms with Crippen LogP contribution in [0.15, 0.2) is 77.3 Å². The van der Waals surface area contributed by atoms with Crippen molar-refractivity contribution in [2.75, 3.05) is 19.1 Å². The van der Waals surface area contributed by atoms with Crippen LogP contribution in [0.4, 0.5) is 14.5 Å². The molecular formula is C23H19F2N3O4. The largest absolute Gasteiger partial charge is 0.466 e. The third kappa shape index (κ3) is 3.78. The Labute approximate surface area is 182 Å². The monoisotopic (exact) mass is 439 g/mol. The quantitative estimate of drug-likeness (QED) is 0.711. The van der Waals surface area contributed by atoms with Crippen LogP contribution in [0.1, 0.15) is 23.5 Å². The van der Waals surface area contributed by atoms with Gasteiger partial charge < -0.3 is 15.2 Å². The van der Waals surface area contributed by atoms with E-state index in [4.69, 9.17) is 15.2 Å². The number of nitriles is 1. The number of carbonyl (C=O) groups excluding carboxylic acids is 2. The topological polar surface area (TPSA) is 106 Å². The van der Waals surface area contributed by atoms with Gasteiger partial charge in [-0.15, -0.1) is 0 Å². The van der Waals surface area contributed by atoms with Crippen molar-refractivity contribution in [2.45, 2.75) is 12.3 Å². The van der Waals surface area contributed by atoms with Gasteiger partial charge in [-0.1, -0.05) is 48.5 Å². The van der Waals surface area contributed by atoms with Gasteiger partial charge in [0, 0.05) is 5.56 Å². The average Bonchev–Trinajstić information content (AvgIpc) is 2.82. The van der Waals surface area contributed by atoms with E-state index in [1.54, 1.807) is 30.3 Å². The Kier molecular flexibility index (Phi) is 6.54. The molecule has 0 amide bonds. The van der Waals surface area contributed by atoms with Crippen LogP contribution in [0.3, 0.4) is 0 Å². The lowest BCUT2D eigenvalue weighted by molar-refractivity contribution is -0.139. The molecule has 0 radical (unpaired) electrons. The number of nitrogens with zero attached hydrogens (tertiary/aromatic N) is 2. The standard InChI is InChI=1S/C23H19F2N3O4/c1-31-22(29)18-17(13-8-4-3-5-9-13)15(12-26)21(27)28(19(18)23(30)32-2)16-11-7-6-10-14(16)20(24)25/h3-11,17,20H,27H2,1-2H3. The summed E-state index contributed by atoms with van der Waals surface area (Å²) in [4.78, 5) is 26.8. The molecule has 2 N–H and O–H groups in total. The highest BCUT2D eigenvalue weighted by Crippen LogP contribution is 2.44.